The van der Waals surface area contributed by atoms with Crippen LogP contribution in [0.4, 0.5) is 0 Å². The van der Waals surface area contributed by atoms with Crippen LogP contribution in [0.25, 0.3) is 6.08 Å². The van der Waals surface area contributed by atoms with Gasteiger partial charge >= 0.3 is 5.97 Å². The fraction of sp³-hybridized carbons (Fsp3) is 0.474. The lowest BCUT2D eigenvalue weighted by atomic mass is 10.0. The van der Waals surface area contributed by atoms with Crippen molar-refractivity contribution < 1.29 is 24.6 Å². The van der Waals surface area contributed by atoms with Crippen molar-refractivity contribution in [1.29, 1.82) is 0 Å². The second-order valence-electron chi connectivity index (χ2n) is 6.18. The summed E-state index contributed by atoms with van der Waals surface area (Å²) in [4.78, 5) is 12.5. The molecule has 6 heteroatoms. The molecular formula is C19H25NO5. The van der Waals surface area contributed by atoms with E-state index in [9.17, 15) is 9.90 Å². The number of nitrogens with zero attached hydrogens (tertiary/aromatic N) is 1. The summed E-state index contributed by atoms with van der Waals surface area (Å²) in [5, 5.41) is 22.7. The Balaban J connectivity index is 2.33. The van der Waals surface area contributed by atoms with Crippen molar-refractivity contribution in [2.24, 2.45) is 5.16 Å². The molecule has 1 atom stereocenters. The molecule has 0 spiro atoms. The van der Waals surface area contributed by atoms with Crippen LogP contribution in [-0.4, -0.2) is 35.2 Å². The molecule has 1 heterocycles. The lowest BCUT2D eigenvalue weighted by molar-refractivity contribution is 0.0318. The Morgan fingerprint density at radius 1 is 1.28 bits per heavy atom. The summed E-state index contributed by atoms with van der Waals surface area (Å²) in [6, 6.07) is 3.11. The van der Waals surface area contributed by atoms with Crippen molar-refractivity contribution >= 4 is 17.8 Å². The molecule has 0 saturated heterocycles. The Bertz CT molecular complexity index is 666. The number of rotatable bonds is 1. The van der Waals surface area contributed by atoms with Gasteiger partial charge in [-0.2, -0.15) is 0 Å². The molecule has 0 fully saturated rings. The number of phenols is 1. The van der Waals surface area contributed by atoms with Gasteiger partial charge in [-0.3, -0.25) is 0 Å². The van der Waals surface area contributed by atoms with E-state index in [0.29, 0.717) is 24.2 Å². The van der Waals surface area contributed by atoms with Crippen LogP contribution in [-0.2, 0) is 4.74 Å². The molecule has 1 aliphatic heterocycles. The first-order valence-electron chi connectivity index (χ1n) is 8.53. The number of aromatic hydroxyl groups is 1. The molecule has 1 aromatic rings. The number of cyclic esters (lactones) is 1. The number of phenolic OH excluding ortho intramolecular Hbond substituents is 1. The third-order valence-electron chi connectivity index (χ3n) is 4.22. The highest BCUT2D eigenvalue weighted by molar-refractivity contribution is 5.97. The summed E-state index contributed by atoms with van der Waals surface area (Å²) in [6.45, 7) is 1.82. The fourth-order valence-corrected chi connectivity index (χ4v) is 2.85. The Kier molecular flexibility index (Phi) is 6.86. The Morgan fingerprint density at radius 2 is 2.04 bits per heavy atom. The molecule has 0 amide bonds. The summed E-state index contributed by atoms with van der Waals surface area (Å²) in [5.41, 5.74) is 1.48. The number of methoxy groups -OCH3 is 1. The van der Waals surface area contributed by atoms with Crippen LogP contribution in [0.15, 0.2) is 23.4 Å². The van der Waals surface area contributed by atoms with Crippen molar-refractivity contribution in [3.05, 3.63) is 29.3 Å². The lowest BCUT2D eigenvalue weighted by Gasteiger charge is -2.16. The quantitative estimate of drug-likeness (QED) is 0.453. The fourth-order valence-electron chi connectivity index (χ4n) is 2.85. The molecule has 136 valence electrons. The van der Waals surface area contributed by atoms with Crippen LogP contribution in [0.1, 0.15) is 61.4 Å². The number of esters is 1. The molecule has 0 bridgehead atoms. The van der Waals surface area contributed by atoms with Gasteiger partial charge in [0.15, 0.2) is 0 Å². The maximum atomic E-state index is 12.5. The summed E-state index contributed by atoms with van der Waals surface area (Å²) in [7, 11) is 1.50. The zero-order valence-corrected chi connectivity index (χ0v) is 14.7. The molecule has 0 saturated carbocycles. The number of fused-ring (bicyclic) bond motifs is 1. The third-order valence-corrected chi connectivity index (χ3v) is 4.22. The molecule has 2 rings (SSSR count). The van der Waals surface area contributed by atoms with E-state index in [2.05, 4.69) is 5.16 Å². The van der Waals surface area contributed by atoms with E-state index in [0.717, 1.165) is 31.4 Å². The van der Waals surface area contributed by atoms with Crippen molar-refractivity contribution in [2.45, 2.75) is 51.6 Å². The first kappa shape index (κ1) is 18.8. The number of carbonyl (C=O) groups is 1. The van der Waals surface area contributed by atoms with E-state index in [4.69, 9.17) is 14.7 Å². The van der Waals surface area contributed by atoms with E-state index in [1.807, 2.05) is 13.0 Å². The van der Waals surface area contributed by atoms with Gasteiger partial charge < -0.3 is 19.8 Å². The first-order chi connectivity index (χ1) is 12.0. The second kappa shape index (κ2) is 9.11. The largest absolute Gasteiger partial charge is 0.507 e. The number of benzene rings is 1. The standard InChI is InChI=1S/C19H25NO5/c1-13-7-6-10-15(20-23)9-5-3-4-8-14-11-16(24-2)12-17(21)18(14)19(22)25-13/h4,8,11-13,21,23H,3,5-7,9-10H2,1-2H3/b8-4+,20-15?/t13-/m0/s1. The van der Waals surface area contributed by atoms with Gasteiger partial charge in [-0.1, -0.05) is 17.3 Å². The lowest BCUT2D eigenvalue weighted by Crippen LogP contribution is -2.17. The van der Waals surface area contributed by atoms with E-state index in [1.54, 1.807) is 12.1 Å². The average Bonchev–Trinajstić information content (AvgIpc) is 2.58. The van der Waals surface area contributed by atoms with E-state index < -0.39 is 5.97 Å². The third kappa shape index (κ3) is 5.24. The van der Waals surface area contributed by atoms with Crippen LogP contribution in [0.3, 0.4) is 0 Å². The molecule has 0 unspecified atom stereocenters. The maximum absolute atomic E-state index is 12.5. The summed E-state index contributed by atoms with van der Waals surface area (Å²) >= 11 is 0. The van der Waals surface area contributed by atoms with Crippen molar-refractivity contribution in [3.63, 3.8) is 0 Å². The van der Waals surface area contributed by atoms with Gasteiger partial charge in [0.25, 0.3) is 0 Å². The highest BCUT2D eigenvalue weighted by Gasteiger charge is 2.21. The number of hydrogen-bond acceptors (Lipinski definition) is 6. The molecule has 0 radical (unpaired) electrons. The first-order valence-corrected chi connectivity index (χ1v) is 8.53. The van der Waals surface area contributed by atoms with Crippen LogP contribution >= 0.6 is 0 Å². The normalized spacial score (nSPS) is 22.6. The van der Waals surface area contributed by atoms with Crippen molar-refractivity contribution in [1.82, 2.24) is 0 Å². The van der Waals surface area contributed by atoms with Gasteiger partial charge in [-0.25, -0.2) is 4.79 Å². The Hall–Kier alpha value is -2.50. The molecule has 2 N–H and O–H groups in total. The van der Waals surface area contributed by atoms with Crippen LogP contribution in [0, 0.1) is 0 Å². The zero-order valence-electron chi connectivity index (χ0n) is 14.7. The molecular weight excluding hydrogens is 322 g/mol. The van der Waals surface area contributed by atoms with Crippen molar-refractivity contribution in [2.75, 3.05) is 7.11 Å². The monoisotopic (exact) mass is 347 g/mol. The predicted molar refractivity (Wildman–Crippen MR) is 95.5 cm³/mol. The second-order valence-corrected chi connectivity index (χ2v) is 6.18. The molecule has 0 aliphatic carbocycles. The molecule has 0 aromatic heterocycles. The Morgan fingerprint density at radius 3 is 2.76 bits per heavy atom. The van der Waals surface area contributed by atoms with E-state index in [-0.39, 0.29) is 17.4 Å². The maximum Gasteiger partial charge on any atom is 0.342 e. The average molecular weight is 347 g/mol. The molecule has 25 heavy (non-hydrogen) atoms. The summed E-state index contributed by atoms with van der Waals surface area (Å²) in [6.07, 6.45) is 7.86. The van der Waals surface area contributed by atoms with Crippen LogP contribution < -0.4 is 4.74 Å². The van der Waals surface area contributed by atoms with Crippen molar-refractivity contribution in [3.8, 4) is 11.5 Å². The minimum Gasteiger partial charge on any atom is -0.507 e. The topological polar surface area (TPSA) is 88.3 Å². The zero-order chi connectivity index (χ0) is 18.2. The van der Waals surface area contributed by atoms with Gasteiger partial charge in [-0.15, -0.1) is 0 Å². The minimum absolute atomic E-state index is 0.151. The van der Waals surface area contributed by atoms with E-state index in [1.165, 1.54) is 13.2 Å². The minimum atomic E-state index is -0.555. The highest BCUT2D eigenvalue weighted by atomic mass is 16.5. The molecule has 1 aromatic carbocycles. The summed E-state index contributed by atoms with van der Waals surface area (Å²) < 4.78 is 10.6. The van der Waals surface area contributed by atoms with Gasteiger partial charge in [0.05, 0.1) is 18.9 Å². The van der Waals surface area contributed by atoms with Crippen LogP contribution in [0.5, 0.6) is 11.5 Å². The smallest absolute Gasteiger partial charge is 0.342 e. The number of ether oxygens (including phenoxy) is 2. The Labute approximate surface area is 147 Å². The number of hydrogen-bond donors (Lipinski definition) is 2. The molecule has 6 nitrogen and oxygen atoms in total. The summed E-state index contributed by atoms with van der Waals surface area (Å²) in [5.74, 6) is -0.240. The predicted octanol–water partition coefficient (Wildman–Crippen LogP) is 4.14. The van der Waals surface area contributed by atoms with E-state index >= 15 is 0 Å². The van der Waals surface area contributed by atoms with Crippen LogP contribution in [0.2, 0.25) is 0 Å². The van der Waals surface area contributed by atoms with Gasteiger partial charge in [-0.05, 0) is 57.1 Å². The number of carbonyl (C=O) groups excluding carboxylic acids is 1. The molecule has 1 aliphatic rings. The highest BCUT2D eigenvalue weighted by Crippen LogP contribution is 2.30. The number of oxime groups is 1. The van der Waals surface area contributed by atoms with Gasteiger partial charge in [0.1, 0.15) is 17.1 Å². The number of allylic oxidation sites excluding steroid dienone is 1. The van der Waals surface area contributed by atoms with Gasteiger partial charge in [0.2, 0.25) is 0 Å². The van der Waals surface area contributed by atoms with Gasteiger partial charge in [0, 0.05) is 6.07 Å². The SMILES string of the molecule is COc1cc(O)c2c(c1)/C=C/CCCC(=NO)CCC[C@H](C)OC2=O.